The summed E-state index contributed by atoms with van der Waals surface area (Å²) in [6.45, 7) is 0. The van der Waals surface area contributed by atoms with E-state index >= 15 is 0 Å². The minimum Gasteiger partial charge on any atom is -0.456 e. The minimum atomic E-state index is -0.142. The highest BCUT2D eigenvalue weighted by Crippen LogP contribution is 2.50. The highest BCUT2D eigenvalue weighted by molar-refractivity contribution is 6.02. The van der Waals surface area contributed by atoms with E-state index < -0.39 is 0 Å². The van der Waals surface area contributed by atoms with Gasteiger partial charge >= 0.3 is 0 Å². The van der Waals surface area contributed by atoms with E-state index in [4.69, 9.17) is 9.41 Å². The number of nitrogens with zero attached hydrogens (tertiary/aromatic N) is 1. The average molecular weight is 616 g/mol. The molecule has 1 aromatic carbocycles. The van der Waals surface area contributed by atoms with Crippen LogP contribution in [0.3, 0.4) is 0 Å². The van der Waals surface area contributed by atoms with Crippen LogP contribution in [-0.2, 0) is 0 Å². The lowest BCUT2D eigenvalue weighted by molar-refractivity contribution is 0.272. The number of rotatable bonds is 3. The molecule has 0 saturated carbocycles. The summed E-state index contributed by atoms with van der Waals surface area (Å²) >= 11 is 0. The lowest BCUT2D eigenvalue weighted by atomic mass is 9.60. The van der Waals surface area contributed by atoms with Crippen molar-refractivity contribution in [2.24, 2.45) is 40.5 Å². The van der Waals surface area contributed by atoms with Gasteiger partial charge in [-0.1, -0.05) is 115 Å². The van der Waals surface area contributed by atoms with Crippen molar-refractivity contribution in [3.8, 4) is 0 Å². The maximum atomic E-state index is 6.36. The Morgan fingerprint density at radius 1 is 0.809 bits per heavy atom. The monoisotopic (exact) mass is 615 g/mol. The summed E-state index contributed by atoms with van der Waals surface area (Å²) in [5.74, 6) is 5.03. The predicted octanol–water partition coefficient (Wildman–Crippen LogP) is 9.00. The first kappa shape index (κ1) is 27.7. The zero-order valence-electron chi connectivity index (χ0n) is 26.6. The average Bonchev–Trinajstić information content (AvgIpc) is 3.53. The van der Waals surface area contributed by atoms with Gasteiger partial charge in [-0.2, -0.15) is 0 Å². The number of amidine groups is 1. The van der Waals surface area contributed by atoms with E-state index in [1.807, 2.05) is 0 Å². The van der Waals surface area contributed by atoms with E-state index in [1.165, 1.54) is 47.8 Å². The van der Waals surface area contributed by atoms with Crippen LogP contribution in [0.1, 0.15) is 49.3 Å². The number of fused-ring (bicyclic) bond motifs is 8. The van der Waals surface area contributed by atoms with Gasteiger partial charge in [0.1, 0.15) is 23.3 Å². The summed E-state index contributed by atoms with van der Waals surface area (Å²) < 4.78 is 6.36. The van der Waals surface area contributed by atoms with Crippen molar-refractivity contribution in [1.82, 2.24) is 10.6 Å². The molecule has 1 aliphatic heterocycles. The van der Waals surface area contributed by atoms with Crippen LogP contribution in [0.5, 0.6) is 0 Å². The standard InChI is InChI=1S/C43H41N3O/c1-2-10-30-24-31(22-16-26(30)8-1)41-44-42(46-43(45-41)35-13-7-15-38-40(35)34-12-5-6-14-37(34)47-38)32-23-19-28-18-21-29-20-17-27-9-3-4-11-33(27)39(29)36(28)25-32/h1-2,4-8,10-12,14-16,18-19,21-26,28-30,35-36,39,41,43,45H,3,9,13,17,20H2,(H,44,46). The Bertz CT molecular complexity index is 1980. The third kappa shape index (κ3) is 4.64. The summed E-state index contributed by atoms with van der Waals surface area (Å²) in [5.41, 5.74) is 8.06. The number of para-hydroxylation sites is 1. The lowest BCUT2D eigenvalue weighted by Gasteiger charge is -2.44. The number of benzene rings is 1. The number of hydrogen-bond acceptors (Lipinski definition) is 4. The van der Waals surface area contributed by atoms with E-state index in [0.717, 1.165) is 23.6 Å². The molecule has 0 fully saturated rings. The van der Waals surface area contributed by atoms with Gasteiger partial charge in [0.25, 0.3) is 0 Å². The molecule has 9 unspecified atom stereocenters. The van der Waals surface area contributed by atoms with Gasteiger partial charge in [-0.25, -0.2) is 4.99 Å². The quantitative estimate of drug-likeness (QED) is 0.339. The fourth-order valence-corrected chi connectivity index (χ4v) is 9.61. The first-order valence-electron chi connectivity index (χ1n) is 17.8. The molecule has 2 heterocycles. The number of furan rings is 1. The van der Waals surface area contributed by atoms with E-state index in [-0.39, 0.29) is 18.2 Å². The van der Waals surface area contributed by atoms with Crippen molar-refractivity contribution in [3.63, 3.8) is 0 Å². The third-order valence-corrected chi connectivity index (χ3v) is 11.9. The molecule has 7 aliphatic carbocycles. The van der Waals surface area contributed by atoms with Gasteiger partial charge in [0.05, 0.1) is 6.17 Å². The van der Waals surface area contributed by atoms with E-state index in [1.54, 1.807) is 11.1 Å². The molecule has 0 amide bonds. The molecular formula is C43H41N3O. The van der Waals surface area contributed by atoms with Crippen molar-refractivity contribution < 1.29 is 4.42 Å². The second-order valence-corrected chi connectivity index (χ2v) is 14.5. The Morgan fingerprint density at radius 3 is 2.70 bits per heavy atom. The second-order valence-electron chi connectivity index (χ2n) is 14.5. The van der Waals surface area contributed by atoms with E-state index in [9.17, 15) is 0 Å². The van der Waals surface area contributed by atoms with Gasteiger partial charge in [-0.15, -0.1) is 0 Å². The molecule has 234 valence electrons. The van der Waals surface area contributed by atoms with Crippen molar-refractivity contribution in [3.05, 3.63) is 149 Å². The molecule has 4 heteroatoms. The molecule has 0 bridgehead atoms. The van der Waals surface area contributed by atoms with Gasteiger partial charge in [0.2, 0.25) is 0 Å². The molecule has 0 spiro atoms. The zero-order valence-corrected chi connectivity index (χ0v) is 26.6. The number of aliphatic imine (C=N–C) groups is 1. The molecule has 2 N–H and O–H groups in total. The van der Waals surface area contributed by atoms with Crippen molar-refractivity contribution in [1.29, 1.82) is 0 Å². The first-order chi connectivity index (χ1) is 23.3. The van der Waals surface area contributed by atoms with Crippen LogP contribution in [0.4, 0.5) is 0 Å². The number of hydrogen-bond donors (Lipinski definition) is 2. The normalized spacial score (nSPS) is 36.1. The molecule has 1 aromatic heterocycles. The van der Waals surface area contributed by atoms with Crippen LogP contribution in [-0.4, -0.2) is 18.2 Å². The Kier molecular flexibility index (Phi) is 6.53. The van der Waals surface area contributed by atoms with Gasteiger partial charge < -0.3 is 9.73 Å². The predicted molar refractivity (Wildman–Crippen MR) is 191 cm³/mol. The maximum Gasteiger partial charge on any atom is 0.135 e. The molecule has 8 aliphatic rings. The van der Waals surface area contributed by atoms with Crippen LogP contribution in [0.2, 0.25) is 0 Å². The summed E-state index contributed by atoms with van der Waals surface area (Å²) in [6.07, 6.45) is 43.5. The Morgan fingerprint density at radius 2 is 1.72 bits per heavy atom. The Labute approximate surface area is 277 Å². The highest BCUT2D eigenvalue weighted by Gasteiger charge is 2.42. The second kappa shape index (κ2) is 11.1. The Hall–Kier alpha value is -4.41. The van der Waals surface area contributed by atoms with Crippen molar-refractivity contribution in [2.75, 3.05) is 0 Å². The summed E-state index contributed by atoms with van der Waals surface area (Å²) in [5, 5.41) is 9.15. The molecule has 4 nitrogen and oxygen atoms in total. The smallest absolute Gasteiger partial charge is 0.135 e. The molecule has 10 rings (SSSR count). The molecule has 9 atom stereocenters. The highest BCUT2D eigenvalue weighted by atomic mass is 16.3. The first-order valence-corrected chi connectivity index (χ1v) is 17.8. The van der Waals surface area contributed by atoms with Gasteiger partial charge in [-0.05, 0) is 73.1 Å². The minimum absolute atomic E-state index is 0.0117. The van der Waals surface area contributed by atoms with E-state index in [2.05, 4.69) is 132 Å². The van der Waals surface area contributed by atoms with Gasteiger partial charge in [0.15, 0.2) is 0 Å². The lowest BCUT2D eigenvalue weighted by Crippen LogP contribution is -2.57. The SMILES string of the molecule is C1=CC2C=CC(C3N=C(C4=CC5C(C=C4)C=CC4CCC6=C(C=CCC6)C45)NC(C4CC=Cc5oc6ccccc6c54)N3)=CC2C=C1. The van der Waals surface area contributed by atoms with Crippen molar-refractivity contribution in [2.45, 2.75) is 50.4 Å². The number of nitrogens with one attached hydrogen (secondary N) is 2. The third-order valence-electron chi connectivity index (χ3n) is 11.9. The van der Waals surface area contributed by atoms with Crippen LogP contribution < -0.4 is 10.6 Å². The molecule has 0 radical (unpaired) electrons. The van der Waals surface area contributed by atoms with Crippen LogP contribution >= 0.6 is 0 Å². The van der Waals surface area contributed by atoms with Crippen LogP contribution in [0.15, 0.2) is 147 Å². The van der Waals surface area contributed by atoms with Gasteiger partial charge in [0, 0.05) is 40.2 Å². The molecule has 0 saturated heterocycles. The molecule has 2 aromatic rings. The van der Waals surface area contributed by atoms with Gasteiger partial charge in [-0.3, -0.25) is 5.32 Å². The summed E-state index contributed by atoms with van der Waals surface area (Å²) in [6, 6.07) is 8.48. The molecule has 47 heavy (non-hydrogen) atoms. The van der Waals surface area contributed by atoms with E-state index in [0.29, 0.717) is 35.5 Å². The Balaban J connectivity index is 1.05. The van der Waals surface area contributed by atoms with Crippen LogP contribution in [0.25, 0.3) is 17.0 Å². The maximum absolute atomic E-state index is 6.36. The fraction of sp³-hybridized carbons (Fsp3) is 0.326. The topological polar surface area (TPSA) is 49.6 Å². The summed E-state index contributed by atoms with van der Waals surface area (Å²) in [4.78, 5) is 5.47. The summed E-state index contributed by atoms with van der Waals surface area (Å²) in [7, 11) is 0. The fourth-order valence-electron chi connectivity index (χ4n) is 9.61. The largest absolute Gasteiger partial charge is 0.456 e. The van der Waals surface area contributed by atoms with Crippen molar-refractivity contribution >= 4 is 22.9 Å². The molecular weight excluding hydrogens is 574 g/mol. The number of allylic oxidation sites excluding steroid dienone is 15. The van der Waals surface area contributed by atoms with Crippen LogP contribution in [0, 0.1) is 35.5 Å². The zero-order chi connectivity index (χ0) is 30.9.